The van der Waals surface area contributed by atoms with Crippen molar-refractivity contribution in [3.8, 4) is 0 Å². The maximum atomic E-state index is 1.74. The van der Waals surface area contributed by atoms with Gasteiger partial charge in [-0.15, -0.1) is 0 Å². The van der Waals surface area contributed by atoms with Crippen LogP contribution in [-0.4, -0.2) is 0 Å². The van der Waals surface area contributed by atoms with Gasteiger partial charge in [0.25, 0.3) is 0 Å². The number of hydrogen-bond donors (Lipinski definition) is 0. The predicted octanol–water partition coefficient (Wildman–Crippen LogP) is 4.90. The van der Waals surface area contributed by atoms with E-state index in [1.54, 1.807) is 32.1 Å². The smallest absolute Gasteiger partial charge is 0.0312 e. The molecule has 0 nitrogen and oxygen atoms in total. The van der Waals surface area contributed by atoms with Gasteiger partial charge in [0.15, 0.2) is 0 Å². The fraction of sp³-hybridized carbons (Fsp3) is 1.00. The summed E-state index contributed by atoms with van der Waals surface area (Å²) in [5, 5.41) is 0. The molecule has 2 bridgehead atoms. The zero-order valence-corrected chi connectivity index (χ0v) is 17.4. The highest BCUT2D eigenvalue weighted by Crippen LogP contribution is 2.96. The minimum absolute atomic E-state index is 1.26. The molecule has 13 aliphatic rings. The Labute approximate surface area is 174 Å². The Kier molecular flexibility index (Phi) is 1.61. The van der Waals surface area contributed by atoms with Gasteiger partial charge >= 0.3 is 0 Å². The van der Waals surface area contributed by atoms with Crippen LogP contribution in [0.25, 0.3) is 0 Å². The van der Waals surface area contributed by atoms with Crippen molar-refractivity contribution in [3.05, 3.63) is 0 Å². The molecule has 24 atom stereocenters. The van der Waals surface area contributed by atoms with E-state index in [9.17, 15) is 0 Å². The average molecular weight is 383 g/mol. The van der Waals surface area contributed by atoms with E-state index >= 15 is 0 Å². The fourth-order valence-electron chi connectivity index (χ4n) is 17.5. The molecule has 0 spiro atoms. The minimum Gasteiger partial charge on any atom is -0.0496 e. The third-order valence-corrected chi connectivity index (χ3v) is 17.5. The first kappa shape index (κ1) is 13.5. The number of rotatable bonds is 0. The van der Waals surface area contributed by atoms with E-state index in [1.807, 2.05) is 0 Å². The van der Waals surface area contributed by atoms with Crippen LogP contribution in [0, 0.1) is 142 Å². The van der Waals surface area contributed by atoms with Crippen molar-refractivity contribution in [2.45, 2.75) is 32.1 Å². The molecule has 13 aliphatic carbocycles. The second kappa shape index (κ2) is 3.44. The summed E-state index contributed by atoms with van der Waals surface area (Å²) in [6.07, 6.45) is 8.34. The van der Waals surface area contributed by atoms with Gasteiger partial charge in [0.05, 0.1) is 0 Å². The van der Waals surface area contributed by atoms with Crippen LogP contribution in [0.5, 0.6) is 0 Å². The molecule has 0 amide bonds. The third kappa shape index (κ3) is 0.888. The lowest BCUT2D eigenvalue weighted by molar-refractivity contribution is -0.494. The molecule has 0 aromatic heterocycles. The molecule has 24 unspecified atom stereocenters. The van der Waals surface area contributed by atoms with Gasteiger partial charge < -0.3 is 0 Å². The average Bonchev–Trinajstić information content (AvgIpc) is 3.10. The van der Waals surface area contributed by atoms with Crippen LogP contribution in [0.3, 0.4) is 0 Å². The molecule has 0 heteroatoms. The van der Waals surface area contributed by atoms with Crippen molar-refractivity contribution in [2.75, 3.05) is 0 Å². The Balaban J connectivity index is 0.845. The van der Waals surface area contributed by atoms with Crippen LogP contribution in [0.1, 0.15) is 32.1 Å². The van der Waals surface area contributed by atoms with E-state index in [2.05, 4.69) is 0 Å². The molecule has 0 heterocycles. The molecule has 13 fully saturated rings. The summed E-state index contributed by atoms with van der Waals surface area (Å²) in [6, 6.07) is 0. The van der Waals surface area contributed by atoms with Crippen LogP contribution in [0.2, 0.25) is 0 Å². The van der Waals surface area contributed by atoms with Gasteiger partial charge in [-0.1, -0.05) is 0 Å². The summed E-state index contributed by atoms with van der Waals surface area (Å²) in [5.74, 6) is 31.2. The van der Waals surface area contributed by atoms with Crippen molar-refractivity contribution in [1.29, 1.82) is 0 Å². The Morgan fingerprint density at radius 1 is 0.207 bits per heavy atom. The largest absolute Gasteiger partial charge is 0.0496 e. The SMILES string of the molecule is C1CC2C1C1C3CC(C21)C1C3C2C1C1C2C2C3C4C5C6C7CCC7C6C5C4C3C12. The lowest BCUT2D eigenvalue weighted by Gasteiger charge is -2.96. The van der Waals surface area contributed by atoms with E-state index in [1.165, 1.54) is 142 Å². The van der Waals surface area contributed by atoms with Crippen LogP contribution < -0.4 is 0 Å². The predicted molar refractivity (Wildman–Crippen MR) is 107 cm³/mol. The normalized spacial score (nSPS) is 93.5. The van der Waals surface area contributed by atoms with Crippen molar-refractivity contribution in [3.63, 3.8) is 0 Å². The topological polar surface area (TPSA) is 0 Å². The van der Waals surface area contributed by atoms with Gasteiger partial charge in [-0.05, 0) is 174 Å². The van der Waals surface area contributed by atoms with Gasteiger partial charge in [0, 0.05) is 0 Å². The van der Waals surface area contributed by atoms with Crippen LogP contribution in [0.15, 0.2) is 0 Å². The monoisotopic (exact) mass is 382 g/mol. The van der Waals surface area contributed by atoms with Crippen LogP contribution in [-0.2, 0) is 0 Å². The molecule has 150 valence electrons. The maximum Gasteiger partial charge on any atom is -0.0312 e. The van der Waals surface area contributed by atoms with E-state index < -0.39 is 0 Å². The van der Waals surface area contributed by atoms with E-state index in [0.29, 0.717) is 0 Å². The molecular weight excluding hydrogens is 348 g/mol. The first-order chi connectivity index (χ1) is 14.4. The summed E-state index contributed by atoms with van der Waals surface area (Å²) in [7, 11) is 0. The van der Waals surface area contributed by atoms with E-state index in [4.69, 9.17) is 0 Å². The Morgan fingerprint density at radius 3 is 0.759 bits per heavy atom. The lowest BCUT2D eigenvalue weighted by atomic mass is 9.08. The molecule has 13 rings (SSSR count). The van der Waals surface area contributed by atoms with Gasteiger partial charge in [-0.3, -0.25) is 0 Å². The third-order valence-electron chi connectivity index (χ3n) is 17.5. The number of hydrogen-bond acceptors (Lipinski definition) is 0. The summed E-state index contributed by atoms with van der Waals surface area (Å²) in [4.78, 5) is 0. The van der Waals surface area contributed by atoms with Crippen LogP contribution >= 0.6 is 0 Å². The highest BCUT2D eigenvalue weighted by atomic mass is 15.0. The van der Waals surface area contributed by atoms with Gasteiger partial charge in [0.1, 0.15) is 0 Å². The molecule has 29 heavy (non-hydrogen) atoms. The quantitative estimate of drug-likeness (QED) is 0.523. The summed E-state index contributed by atoms with van der Waals surface area (Å²) in [5.41, 5.74) is 0. The highest BCUT2D eigenvalue weighted by Gasteiger charge is 2.93. The maximum absolute atomic E-state index is 1.74. The number of fused-ring (bicyclic) bond motifs is 35. The van der Waals surface area contributed by atoms with Crippen molar-refractivity contribution in [2.24, 2.45) is 142 Å². The summed E-state index contributed by atoms with van der Waals surface area (Å²) < 4.78 is 0. The molecule has 0 radical (unpaired) electrons. The Morgan fingerprint density at radius 2 is 0.448 bits per heavy atom. The van der Waals surface area contributed by atoms with Gasteiger partial charge in [-0.2, -0.15) is 0 Å². The molecule has 0 aromatic carbocycles. The van der Waals surface area contributed by atoms with Crippen LogP contribution in [0.4, 0.5) is 0 Å². The molecule has 0 N–H and O–H groups in total. The molecule has 0 saturated heterocycles. The molecule has 0 aliphatic heterocycles. The van der Waals surface area contributed by atoms with Crippen molar-refractivity contribution < 1.29 is 0 Å². The lowest BCUT2D eigenvalue weighted by Crippen LogP contribution is -2.93. The van der Waals surface area contributed by atoms with E-state index in [0.717, 1.165) is 0 Å². The second-order valence-electron chi connectivity index (χ2n) is 15.8. The van der Waals surface area contributed by atoms with Crippen molar-refractivity contribution >= 4 is 0 Å². The standard InChI is InChI=1S/C29H34/c1-2-7-6(1)12-10-5-11(13(7)12)17-16(10)20-21(17)25-24(20)28-26-22-18-14-8-3-4-9(8)15(14)19(18)23(22)27(26)29(25)28/h6-29H,1-5H2. The Hall–Kier alpha value is 0. The molecular formula is C29H34. The zero-order chi connectivity index (χ0) is 17.4. The summed E-state index contributed by atoms with van der Waals surface area (Å²) >= 11 is 0. The summed E-state index contributed by atoms with van der Waals surface area (Å²) in [6.45, 7) is 0. The highest BCUT2D eigenvalue weighted by molar-refractivity contribution is 5.40. The van der Waals surface area contributed by atoms with Crippen molar-refractivity contribution in [1.82, 2.24) is 0 Å². The van der Waals surface area contributed by atoms with E-state index in [-0.39, 0.29) is 0 Å². The zero-order valence-electron chi connectivity index (χ0n) is 17.4. The molecule has 0 aromatic rings. The first-order valence-corrected chi connectivity index (χ1v) is 14.4. The van der Waals surface area contributed by atoms with Gasteiger partial charge in [-0.25, -0.2) is 0 Å². The Bertz CT molecular complexity index is 889. The molecule has 13 saturated carbocycles. The first-order valence-electron chi connectivity index (χ1n) is 14.4. The fourth-order valence-corrected chi connectivity index (χ4v) is 17.5. The second-order valence-corrected chi connectivity index (χ2v) is 15.8. The van der Waals surface area contributed by atoms with Gasteiger partial charge in [0.2, 0.25) is 0 Å². The minimum atomic E-state index is 1.26.